The summed E-state index contributed by atoms with van der Waals surface area (Å²) < 4.78 is 5.07. The molecule has 0 aliphatic heterocycles. The molecule has 1 aliphatic rings. The Morgan fingerprint density at radius 2 is 2.15 bits per heavy atom. The Kier molecular flexibility index (Phi) is 4.54. The van der Waals surface area contributed by atoms with Crippen LogP contribution < -0.4 is 10.9 Å². The lowest BCUT2D eigenvalue weighted by Crippen LogP contribution is -2.48. The number of hydrogen-bond acceptors (Lipinski definition) is 7. The summed E-state index contributed by atoms with van der Waals surface area (Å²) in [4.78, 5) is 43.9. The first kappa shape index (κ1) is 18.1. The van der Waals surface area contributed by atoms with Crippen molar-refractivity contribution in [2.24, 2.45) is 5.92 Å². The average molecular weight is 374 g/mol. The number of aromatic nitrogens is 2. The molecule has 26 heavy (non-hydrogen) atoms. The summed E-state index contributed by atoms with van der Waals surface area (Å²) in [6, 6.07) is 2.11. The highest BCUT2D eigenvalue weighted by Crippen LogP contribution is 2.39. The van der Waals surface area contributed by atoms with E-state index in [2.05, 4.69) is 21.4 Å². The van der Waals surface area contributed by atoms with Crippen molar-refractivity contribution in [3.63, 3.8) is 0 Å². The van der Waals surface area contributed by atoms with Crippen molar-refractivity contribution in [2.75, 3.05) is 6.61 Å². The van der Waals surface area contributed by atoms with Crippen LogP contribution in [-0.4, -0.2) is 34.0 Å². The van der Waals surface area contributed by atoms with Gasteiger partial charge in [-0.25, -0.2) is 9.78 Å². The van der Waals surface area contributed by atoms with Gasteiger partial charge in [-0.15, -0.1) is 11.3 Å². The molecule has 2 aromatic heterocycles. The molecule has 2 aromatic rings. The molecule has 9 heteroatoms. The second kappa shape index (κ2) is 6.53. The van der Waals surface area contributed by atoms with Crippen LogP contribution in [0.3, 0.4) is 0 Å². The van der Waals surface area contributed by atoms with Crippen LogP contribution in [0.2, 0.25) is 0 Å². The fraction of sp³-hybridized carbons (Fsp3) is 0.471. The van der Waals surface area contributed by atoms with Crippen molar-refractivity contribution in [1.29, 1.82) is 5.26 Å². The Labute approximate surface area is 153 Å². The van der Waals surface area contributed by atoms with Gasteiger partial charge in [0.1, 0.15) is 21.1 Å². The van der Waals surface area contributed by atoms with E-state index >= 15 is 0 Å². The Morgan fingerprint density at radius 1 is 1.46 bits per heavy atom. The highest BCUT2D eigenvalue weighted by Gasteiger charge is 2.43. The van der Waals surface area contributed by atoms with E-state index < -0.39 is 24.0 Å². The third-order valence-corrected chi connectivity index (χ3v) is 5.63. The molecule has 2 N–H and O–H groups in total. The van der Waals surface area contributed by atoms with Crippen molar-refractivity contribution in [3.05, 3.63) is 26.6 Å². The summed E-state index contributed by atoms with van der Waals surface area (Å²) in [5.74, 6) is -0.625. The molecule has 1 amide bonds. The van der Waals surface area contributed by atoms with Gasteiger partial charge in [0.15, 0.2) is 6.61 Å². The number of hydrogen-bond donors (Lipinski definition) is 2. The van der Waals surface area contributed by atoms with E-state index in [0.717, 1.165) is 24.2 Å². The van der Waals surface area contributed by atoms with E-state index in [-0.39, 0.29) is 16.4 Å². The monoisotopic (exact) mass is 374 g/mol. The van der Waals surface area contributed by atoms with Crippen LogP contribution in [0.25, 0.3) is 10.2 Å². The zero-order chi connectivity index (χ0) is 19.1. The molecule has 1 aliphatic carbocycles. The Morgan fingerprint density at radius 3 is 2.77 bits per heavy atom. The number of esters is 1. The molecule has 1 saturated carbocycles. The van der Waals surface area contributed by atoms with Crippen LogP contribution >= 0.6 is 11.3 Å². The number of H-pyrrole nitrogens is 1. The number of nitrogens with one attached hydrogen (secondary N) is 2. The summed E-state index contributed by atoms with van der Waals surface area (Å²) in [5, 5.41) is 12.2. The van der Waals surface area contributed by atoms with E-state index in [1.54, 1.807) is 20.8 Å². The molecule has 8 nitrogen and oxygen atoms in total. The Bertz CT molecular complexity index is 999. The van der Waals surface area contributed by atoms with Gasteiger partial charge in [-0.2, -0.15) is 5.26 Å². The van der Waals surface area contributed by atoms with E-state index in [1.165, 1.54) is 0 Å². The molecule has 2 heterocycles. The number of aromatic amines is 1. The van der Waals surface area contributed by atoms with Gasteiger partial charge in [-0.1, -0.05) is 0 Å². The normalized spacial score (nSPS) is 15.9. The lowest BCUT2D eigenvalue weighted by atomic mass is 9.98. The van der Waals surface area contributed by atoms with Crippen LogP contribution in [0.15, 0.2) is 4.79 Å². The standard InChI is InChI=1S/C17H18N4O4S/c1-8-12-14(23)19-9(2)20-15(12)26-13(8)16(24)25-6-11(22)21-17(3,7-18)10-4-5-10/h10H,4-6H2,1-3H3,(H,21,22)(H,19,20,23)/t17-/m1/s1. The third kappa shape index (κ3) is 3.32. The molecule has 0 bridgehead atoms. The zero-order valence-corrected chi connectivity index (χ0v) is 15.5. The molecular formula is C17H18N4O4S. The van der Waals surface area contributed by atoms with Crippen molar-refractivity contribution in [2.45, 2.75) is 39.2 Å². The second-order valence-corrected chi connectivity index (χ2v) is 7.60. The molecule has 0 unspecified atom stereocenters. The van der Waals surface area contributed by atoms with Crippen molar-refractivity contribution in [1.82, 2.24) is 15.3 Å². The van der Waals surface area contributed by atoms with Gasteiger partial charge in [-0.05, 0) is 45.1 Å². The molecule has 3 rings (SSSR count). The van der Waals surface area contributed by atoms with Gasteiger partial charge in [0, 0.05) is 0 Å². The smallest absolute Gasteiger partial charge is 0.349 e. The number of carbonyl (C=O) groups excluding carboxylic acids is 2. The zero-order valence-electron chi connectivity index (χ0n) is 14.6. The van der Waals surface area contributed by atoms with E-state index in [0.29, 0.717) is 21.6 Å². The average Bonchev–Trinajstić information content (AvgIpc) is 3.37. The quantitative estimate of drug-likeness (QED) is 0.765. The first-order chi connectivity index (χ1) is 12.2. The number of thiophene rings is 1. The first-order valence-electron chi connectivity index (χ1n) is 8.14. The van der Waals surface area contributed by atoms with Crippen molar-refractivity contribution < 1.29 is 14.3 Å². The summed E-state index contributed by atoms with van der Waals surface area (Å²) in [5.41, 5.74) is -0.776. The fourth-order valence-corrected chi connectivity index (χ4v) is 3.97. The molecule has 0 saturated heterocycles. The maximum absolute atomic E-state index is 12.3. The SMILES string of the molecule is Cc1nc2sc(C(=O)OCC(=O)N[C@](C)(C#N)C3CC3)c(C)c2c(=O)[nH]1. The molecular weight excluding hydrogens is 356 g/mol. The Balaban J connectivity index is 1.71. The largest absolute Gasteiger partial charge is 0.451 e. The highest BCUT2D eigenvalue weighted by molar-refractivity contribution is 7.20. The summed E-state index contributed by atoms with van der Waals surface area (Å²) in [6.07, 6.45) is 1.79. The second-order valence-electron chi connectivity index (χ2n) is 6.60. The van der Waals surface area contributed by atoms with Gasteiger partial charge >= 0.3 is 5.97 Å². The topological polar surface area (TPSA) is 125 Å². The summed E-state index contributed by atoms with van der Waals surface area (Å²) in [7, 11) is 0. The van der Waals surface area contributed by atoms with Gasteiger partial charge in [0.25, 0.3) is 11.5 Å². The van der Waals surface area contributed by atoms with Crippen LogP contribution in [0.1, 0.15) is 40.8 Å². The predicted octanol–water partition coefficient (Wildman–Crippen LogP) is 1.57. The molecule has 136 valence electrons. The van der Waals surface area contributed by atoms with E-state index in [1.807, 2.05) is 0 Å². The van der Waals surface area contributed by atoms with E-state index in [4.69, 9.17) is 4.74 Å². The fourth-order valence-electron chi connectivity index (χ4n) is 2.85. The molecule has 0 aromatic carbocycles. The van der Waals surface area contributed by atoms with E-state index in [9.17, 15) is 19.6 Å². The summed E-state index contributed by atoms with van der Waals surface area (Å²) in [6.45, 7) is 4.48. The third-order valence-electron chi connectivity index (χ3n) is 4.46. The molecule has 1 atom stereocenters. The lowest BCUT2D eigenvalue weighted by Gasteiger charge is -2.22. The predicted molar refractivity (Wildman–Crippen MR) is 94.9 cm³/mol. The Hall–Kier alpha value is -2.73. The molecule has 0 radical (unpaired) electrons. The highest BCUT2D eigenvalue weighted by atomic mass is 32.1. The number of nitriles is 1. The first-order valence-corrected chi connectivity index (χ1v) is 8.96. The van der Waals surface area contributed by atoms with Crippen LogP contribution in [-0.2, 0) is 9.53 Å². The lowest BCUT2D eigenvalue weighted by molar-refractivity contribution is -0.125. The van der Waals surface area contributed by atoms with Gasteiger partial charge in [-0.3, -0.25) is 9.59 Å². The number of ether oxygens (including phenoxy) is 1. The molecule has 1 fully saturated rings. The number of fused-ring (bicyclic) bond motifs is 1. The van der Waals surface area contributed by atoms with Crippen molar-refractivity contribution >= 4 is 33.4 Å². The minimum atomic E-state index is -0.939. The molecule has 0 spiro atoms. The number of carbonyl (C=O) groups is 2. The van der Waals surface area contributed by atoms with Gasteiger partial charge in [0.2, 0.25) is 0 Å². The van der Waals surface area contributed by atoms with Gasteiger partial charge < -0.3 is 15.0 Å². The van der Waals surface area contributed by atoms with Crippen LogP contribution in [0, 0.1) is 31.1 Å². The minimum absolute atomic E-state index is 0.137. The van der Waals surface area contributed by atoms with Gasteiger partial charge in [0.05, 0.1) is 11.5 Å². The minimum Gasteiger partial charge on any atom is -0.451 e. The number of nitrogens with zero attached hydrogens (tertiary/aromatic N) is 2. The summed E-state index contributed by atoms with van der Waals surface area (Å²) >= 11 is 1.05. The van der Waals surface area contributed by atoms with Crippen molar-refractivity contribution in [3.8, 4) is 6.07 Å². The maximum Gasteiger partial charge on any atom is 0.349 e. The number of rotatable bonds is 5. The maximum atomic E-state index is 12.3. The van der Waals surface area contributed by atoms with Crippen LogP contribution in [0.5, 0.6) is 0 Å². The number of aryl methyl sites for hydroxylation is 2. The number of amides is 1. The van der Waals surface area contributed by atoms with Crippen LogP contribution in [0.4, 0.5) is 0 Å².